The molecule has 3 unspecified atom stereocenters. The summed E-state index contributed by atoms with van der Waals surface area (Å²) >= 11 is 13.4. The van der Waals surface area contributed by atoms with Crippen LogP contribution >= 0.6 is 34.5 Å². The minimum Gasteiger partial charge on any atom is -0.388 e. The Balaban J connectivity index is 1.76. The van der Waals surface area contributed by atoms with Crippen LogP contribution in [0.15, 0.2) is 6.07 Å². The highest BCUT2D eigenvalue weighted by Crippen LogP contribution is 2.44. The van der Waals surface area contributed by atoms with E-state index in [0.717, 1.165) is 31.4 Å². The van der Waals surface area contributed by atoms with Crippen LogP contribution in [0.25, 0.3) is 0 Å². The van der Waals surface area contributed by atoms with Gasteiger partial charge in [-0.3, -0.25) is 0 Å². The number of hydrogen-bond donors (Lipinski definition) is 1. The number of ether oxygens (including phenoxy) is 2. The topological polar surface area (TPSA) is 38.7 Å². The molecule has 3 heterocycles. The molecule has 3 nitrogen and oxygen atoms in total. The van der Waals surface area contributed by atoms with Crippen molar-refractivity contribution in [3.8, 4) is 0 Å². The van der Waals surface area contributed by atoms with Gasteiger partial charge in [-0.15, -0.1) is 11.3 Å². The molecule has 0 aliphatic carbocycles. The van der Waals surface area contributed by atoms with E-state index in [1.165, 1.54) is 11.3 Å². The smallest absolute Gasteiger partial charge is 0.100 e. The summed E-state index contributed by atoms with van der Waals surface area (Å²) in [7, 11) is 0. The summed E-state index contributed by atoms with van der Waals surface area (Å²) in [5.74, 6) is 0.151. The molecule has 3 rings (SSSR count). The molecule has 1 N–H and O–H groups in total. The van der Waals surface area contributed by atoms with Crippen molar-refractivity contribution in [2.24, 2.45) is 5.92 Å². The van der Waals surface area contributed by atoms with E-state index in [1.807, 2.05) is 0 Å². The van der Waals surface area contributed by atoms with Crippen molar-refractivity contribution in [3.63, 3.8) is 0 Å². The number of rotatable bonds is 2. The molecule has 2 fully saturated rings. The zero-order valence-corrected chi connectivity index (χ0v) is 12.7. The van der Waals surface area contributed by atoms with Crippen LogP contribution in [0.5, 0.6) is 0 Å². The highest BCUT2D eigenvalue weighted by molar-refractivity contribution is 7.20. The van der Waals surface area contributed by atoms with Crippen molar-refractivity contribution in [2.45, 2.75) is 31.0 Å². The highest BCUT2D eigenvalue weighted by Gasteiger charge is 2.43. The maximum atomic E-state index is 10.6. The van der Waals surface area contributed by atoms with E-state index in [9.17, 15) is 5.11 Å². The SMILES string of the molecule is OC(c1cc(Cl)sc1Cl)C1CCOC2(CCOC2)C1. The fourth-order valence-electron chi connectivity index (χ4n) is 3.01. The number of aliphatic hydroxyl groups is 1. The molecule has 2 aliphatic rings. The quantitative estimate of drug-likeness (QED) is 0.902. The average Bonchev–Trinajstić information content (AvgIpc) is 2.96. The largest absolute Gasteiger partial charge is 0.388 e. The predicted molar refractivity (Wildman–Crippen MR) is 76.1 cm³/mol. The Morgan fingerprint density at radius 3 is 2.89 bits per heavy atom. The first-order valence-electron chi connectivity index (χ1n) is 6.44. The molecule has 1 spiro atoms. The summed E-state index contributed by atoms with van der Waals surface area (Å²) in [6.45, 7) is 2.04. The summed E-state index contributed by atoms with van der Waals surface area (Å²) in [5.41, 5.74) is 0.550. The van der Waals surface area contributed by atoms with Gasteiger partial charge in [0.1, 0.15) is 4.34 Å². The van der Waals surface area contributed by atoms with Gasteiger partial charge in [-0.05, 0) is 24.8 Å². The Morgan fingerprint density at radius 1 is 1.42 bits per heavy atom. The van der Waals surface area contributed by atoms with E-state index in [4.69, 9.17) is 32.7 Å². The second kappa shape index (κ2) is 5.51. The molecule has 0 radical (unpaired) electrons. The number of thiophene rings is 1. The van der Waals surface area contributed by atoms with E-state index >= 15 is 0 Å². The third-order valence-corrected chi connectivity index (χ3v) is 5.56. The lowest BCUT2D eigenvalue weighted by Crippen LogP contribution is -2.41. The zero-order chi connectivity index (χ0) is 13.5. The highest BCUT2D eigenvalue weighted by atomic mass is 35.5. The van der Waals surface area contributed by atoms with Gasteiger partial charge in [-0.2, -0.15) is 0 Å². The zero-order valence-electron chi connectivity index (χ0n) is 10.4. The third-order valence-electron chi connectivity index (χ3n) is 4.05. The van der Waals surface area contributed by atoms with Crippen molar-refractivity contribution >= 4 is 34.5 Å². The first-order valence-corrected chi connectivity index (χ1v) is 8.01. The Labute approximate surface area is 126 Å². The van der Waals surface area contributed by atoms with Crippen LogP contribution < -0.4 is 0 Å². The first-order chi connectivity index (χ1) is 9.10. The van der Waals surface area contributed by atoms with Gasteiger partial charge < -0.3 is 14.6 Å². The summed E-state index contributed by atoms with van der Waals surface area (Å²) in [6.07, 6.45) is 2.00. The normalized spacial score (nSPS) is 32.9. The van der Waals surface area contributed by atoms with Gasteiger partial charge in [0.15, 0.2) is 0 Å². The second-order valence-corrected chi connectivity index (χ2v) is 7.60. The van der Waals surface area contributed by atoms with Gasteiger partial charge in [-0.1, -0.05) is 23.2 Å². The molecule has 2 aliphatic heterocycles. The Hall–Kier alpha value is 0.160. The Morgan fingerprint density at radius 2 is 2.26 bits per heavy atom. The van der Waals surface area contributed by atoms with E-state index in [-0.39, 0.29) is 11.5 Å². The van der Waals surface area contributed by atoms with Gasteiger partial charge in [0.05, 0.1) is 22.6 Å². The molecule has 0 amide bonds. The molecule has 3 atom stereocenters. The fourth-order valence-corrected chi connectivity index (χ4v) is 4.54. The molecule has 1 aromatic rings. The molecule has 0 bridgehead atoms. The third kappa shape index (κ3) is 2.80. The van der Waals surface area contributed by atoms with Gasteiger partial charge in [0, 0.05) is 25.2 Å². The molecule has 6 heteroatoms. The van der Waals surface area contributed by atoms with E-state index in [2.05, 4.69) is 0 Å². The van der Waals surface area contributed by atoms with Crippen molar-refractivity contribution in [3.05, 3.63) is 20.3 Å². The fraction of sp³-hybridized carbons (Fsp3) is 0.692. The van der Waals surface area contributed by atoms with E-state index in [0.29, 0.717) is 21.9 Å². The predicted octanol–water partition coefficient (Wildman–Crippen LogP) is 3.67. The summed E-state index contributed by atoms with van der Waals surface area (Å²) in [4.78, 5) is 0. The van der Waals surface area contributed by atoms with Crippen LogP contribution in [0.3, 0.4) is 0 Å². The molecule has 0 aromatic carbocycles. The standard InChI is InChI=1S/C13H16Cl2O3S/c14-10-5-9(12(15)19-10)11(16)8-1-3-18-13(6-8)2-4-17-7-13/h5,8,11,16H,1-4,6-7H2. The molecular formula is C13H16Cl2O3S. The van der Waals surface area contributed by atoms with Crippen LogP contribution in [0.1, 0.15) is 30.9 Å². The average molecular weight is 323 g/mol. The van der Waals surface area contributed by atoms with E-state index < -0.39 is 6.10 Å². The van der Waals surface area contributed by atoms with Gasteiger partial charge in [0.25, 0.3) is 0 Å². The maximum absolute atomic E-state index is 10.6. The second-order valence-electron chi connectivity index (χ2n) is 5.31. The minimum absolute atomic E-state index is 0.151. The van der Waals surface area contributed by atoms with Crippen LogP contribution in [0.4, 0.5) is 0 Å². The Bertz CT molecular complexity index is 457. The van der Waals surface area contributed by atoms with Crippen molar-refractivity contribution in [1.82, 2.24) is 0 Å². The molecule has 1 aromatic heterocycles. The molecule has 106 valence electrons. The minimum atomic E-state index is -0.572. The van der Waals surface area contributed by atoms with Crippen LogP contribution in [-0.4, -0.2) is 30.5 Å². The van der Waals surface area contributed by atoms with Gasteiger partial charge >= 0.3 is 0 Å². The monoisotopic (exact) mass is 322 g/mol. The lowest BCUT2D eigenvalue weighted by Gasteiger charge is -2.38. The lowest BCUT2D eigenvalue weighted by molar-refractivity contribution is -0.117. The van der Waals surface area contributed by atoms with Crippen LogP contribution in [0.2, 0.25) is 8.67 Å². The number of hydrogen-bond acceptors (Lipinski definition) is 4. The molecular weight excluding hydrogens is 307 g/mol. The van der Waals surface area contributed by atoms with Crippen molar-refractivity contribution < 1.29 is 14.6 Å². The van der Waals surface area contributed by atoms with Crippen molar-refractivity contribution in [2.75, 3.05) is 19.8 Å². The summed E-state index contributed by atoms with van der Waals surface area (Å²) in [5, 5.41) is 10.6. The summed E-state index contributed by atoms with van der Waals surface area (Å²) in [6, 6.07) is 1.77. The molecule has 19 heavy (non-hydrogen) atoms. The molecule has 2 saturated heterocycles. The van der Waals surface area contributed by atoms with Crippen LogP contribution in [0, 0.1) is 5.92 Å². The first kappa shape index (κ1) is 14.1. The Kier molecular flexibility index (Phi) is 4.09. The van der Waals surface area contributed by atoms with E-state index in [1.54, 1.807) is 6.07 Å². The summed E-state index contributed by atoms with van der Waals surface area (Å²) < 4.78 is 12.5. The van der Waals surface area contributed by atoms with Crippen LogP contribution in [-0.2, 0) is 9.47 Å². The van der Waals surface area contributed by atoms with Gasteiger partial charge in [-0.25, -0.2) is 0 Å². The number of halogens is 2. The molecule has 0 saturated carbocycles. The number of aliphatic hydroxyl groups excluding tert-OH is 1. The lowest BCUT2D eigenvalue weighted by atomic mass is 9.81. The van der Waals surface area contributed by atoms with Crippen molar-refractivity contribution in [1.29, 1.82) is 0 Å². The van der Waals surface area contributed by atoms with Gasteiger partial charge in [0.2, 0.25) is 0 Å². The maximum Gasteiger partial charge on any atom is 0.100 e.